The van der Waals surface area contributed by atoms with Gasteiger partial charge in [-0.1, -0.05) is 0 Å². The lowest BCUT2D eigenvalue weighted by atomic mass is 10.3. The number of rotatable bonds is 9. The van der Waals surface area contributed by atoms with E-state index in [4.69, 9.17) is 9.47 Å². The average Bonchev–Trinajstić information content (AvgIpc) is 2.42. The smallest absolute Gasteiger partial charge is 0.240 e. The summed E-state index contributed by atoms with van der Waals surface area (Å²) < 4.78 is 49.2. The maximum Gasteiger partial charge on any atom is 0.240 e. The zero-order chi connectivity index (χ0) is 15.0. The van der Waals surface area contributed by atoms with Gasteiger partial charge < -0.3 is 14.8 Å². The topological polar surface area (TPSA) is 76.7 Å². The van der Waals surface area contributed by atoms with Gasteiger partial charge >= 0.3 is 0 Å². The molecular weight excluding hydrogens is 323 g/mol. The highest BCUT2D eigenvalue weighted by molar-refractivity contribution is 7.89. The van der Waals surface area contributed by atoms with Gasteiger partial charge in [-0.05, 0) is 18.2 Å². The summed E-state index contributed by atoms with van der Waals surface area (Å²) in [5.74, 6) is -0.709. The molecule has 0 aliphatic heterocycles. The molecule has 0 aliphatic carbocycles. The maximum absolute atomic E-state index is 13.5. The van der Waals surface area contributed by atoms with Gasteiger partial charge in [-0.25, -0.2) is 17.5 Å². The molecule has 0 aliphatic rings. The lowest BCUT2D eigenvalue weighted by molar-refractivity contribution is 0.199. The molecule has 9 heteroatoms. The number of methoxy groups -OCH3 is 2. The lowest BCUT2D eigenvalue weighted by Gasteiger charge is -2.09. The molecule has 6 nitrogen and oxygen atoms in total. The molecule has 0 atom stereocenters. The van der Waals surface area contributed by atoms with Crippen molar-refractivity contribution in [3.63, 3.8) is 0 Å². The first-order chi connectivity index (χ1) is 9.51. The van der Waals surface area contributed by atoms with Crippen molar-refractivity contribution in [2.45, 2.75) is 4.90 Å². The zero-order valence-electron chi connectivity index (χ0n) is 11.9. The van der Waals surface area contributed by atoms with Crippen molar-refractivity contribution in [2.24, 2.45) is 0 Å². The molecule has 1 aromatic rings. The number of hydrogen-bond acceptors (Lipinski definition) is 5. The van der Waals surface area contributed by atoms with E-state index >= 15 is 0 Å². The van der Waals surface area contributed by atoms with E-state index in [9.17, 15) is 12.8 Å². The van der Waals surface area contributed by atoms with Gasteiger partial charge in [0.2, 0.25) is 10.0 Å². The van der Waals surface area contributed by atoms with E-state index in [1.807, 2.05) is 0 Å². The van der Waals surface area contributed by atoms with Crippen molar-refractivity contribution in [3.8, 4) is 5.75 Å². The van der Waals surface area contributed by atoms with Crippen LogP contribution in [0.25, 0.3) is 0 Å². The van der Waals surface area contributed by atoms with Crippen LogP contribution in [0.5, 0.6) is 5.75 Å². The van der Waals surface area contributed by atoms with Crippen LogP contribution < -0.4 is 14.8 Å². The van der Waals surface area contributed by atoms with Crippen molar-refractivity contribution in [1.29, 1.82) is 0 Å². The van der Waals surface area contributed by atoms with Crippen molar-refractivity contribution >= 4 is 22.4 Å². The third-order valence-electron chi connectivity index (χ3n) is 2.51. The number of ether oxygens (including phenoxy) is 2. The second-order valence-electron chi connectivity index (χ2n) is 3.94. The van der Waals surface area contributed by atoms with E-state index in [2.05, 4.69) is 10.0 Å². The molecule has 0 heterocycles. The Morgan fingerprint density at radius 3 is 2.48 bits per heavy atom. The molecule has 0 amide bonds. The van der Waals surface area contributed by atoms with Crippen LogP contribution in [0, 0.1) is 5.82 Å². The SMILES string of the molecule is COCCNCCNS(=O)(=O)c1ccc(OC)c(F)c1.Cl. The summed E-state index contributed by atoms with van der Waals surface area (Å²) in [6.07, 6.45) is 0. The summed E-state index contributed by atoms with van der Waals surface area (Å²) in [7, 11) is -0.815. The predicted molar refractivity (Wildman–Crippen MR) is 80.1 cm³/mol. The highest BCUT2D eigenvalue weighted by Gasteiger charge is 2.15. The lowest BCUT2D eigenvalue weighted by Crippen LogP contribution is -2.33. The van der Waals surface area contributed by atoms with E-state index < -0.39 is 15.8 Å². The van der Waals surface area contributed by atoms with Gasteiger partial charge in [0.1, 0.15) is 0 Å². The number of sulfonamides is 1. The Balaban J connectivity index is 0.00000400. The van der Waals surface area contributed by atoms with Crippen LogP contribution in [0.3, 0.4) is 0 Å². The van der Waals surface area contributed by atoms with Crippen LogP contribution in [0.2, 0.25) is 0 Å². The Hall–Kier alpha value is -0.930. The molecule has 0 spiro atoms. The van der Waals surface area contributed by atoms with Gasteiger partial charge in [0, 0.05) is 26.7 Å². The minimum atomic E-state index is -3.72. The molecule has 0 saturated carbocycles. The van der Waals surface area contributed by atoms with Gasteiger partial charge in [-0.2, -0.15) is 0 Å². The van der Waals surface area contributed by atoms with Crippen LogP contribution >= 0.6 is 12.4 Å². The molecule has 0 unspecified atom stereocenters. The molecule has 122 valence electrons. The zero-order valence-corrected chi connectivity index (χ0v) is 13.5. The van der Waals surface area contributed by atoms with Gasteiger partial charge in [-0.3, -0.25) is 0 Å². The third-order valence-corrected chi connectivity index (χ3v) is 3.97. The fourth-order valence-corrected chi connectivity index (χ4v) is 2.51. The Labute approximate surface area is 130 Å². The average molecular weight is 343 g/mol. The fraction of sp³-hybridized carbons (Fsp3) is 0.500. The van der Waals surface area contributed by atoms with E-state index in [-0.39, 0.29) is 29.6 Å². The van der Waals surface area contributed by atoms with Crippen LogP contribution in [0.4, 0.5) is 4.39 Å². The Morgan fingerprint density at radius 1 is 1.19 bits per heavy atom. The maximum atomic E-state index is 13.5. The van der Waals surface area contributed by atoms with Gasteiger partial charge in [0.15, 0.2) is 11.6 Å². The highest BCUT2D eigenvalue weighted by atomic mass is 35.5. The monoisotopic (exact) mass is 342 g/mol. The second-order valence-corrected chi connectivity index (χ2v) is 5.70. The molecule has 0 aromatic heterocycles. The van der Waals surface area contributed by atoms with Gasteiger partial charge in [0.05, 0.1) is 18.6 Å². The Bertz CT molecular complexity index is 528. The summed E-state index contributed by atoms with van der Waals surface area (Å²) in [6, 6.07) is 3.50. The van der Waals surface area contributed by atoms with Crippen LogP contribution in [-0.2, 0) is 14.8 Å². The van der Waals surface area contributed by atoms with Crippen molar-refractivity contribution in [2.75, 3.05) is 40.5 Å². The molecule has 21 heavy (non-hydrogen) atoms. The molecule has 0 fully saturated rings. The molecule has 0 saturated heterocycles. The summed E-state index contributed by atoms with van der Waals surface area (Å²) >= 11 is 0. The summed E-state index contributed by atoms with van der Waals surface area (Å²) in [5.41, 5.74) is 0. The first-order valence-electron chi connectivity index (χ1n) is 6.04. The molecular formula is C12H20ClFN2O4S. The van der Waals surface area contributed by atoms with E-state index in [0.29, 0.717) is 19.7 Å². The molecule has 1 rings (SSSR count). The molecule has 2 N–H and O–H groups in total. The number of nitrogens with one attached hydrogen (secondary N) is 2. The summed E-state index contributed by atoms with van der Waals surface area (Å²) in [6.45, 7) is 1.85. The normalized spacial score (nSPS) is 11.0. The second kappa shape index (κ2) is 9.91. The van der Waals surface area contributed by atoms with E-state index in [1.54, 1.807) is 7.11 Å². The largest absolute Gasteiger partial charge is 0.494 e. The minimum Gasteiger partial charge on any atom is -0.494 e. The first-order valence-corrected chi connectivity index (χ1v) is 7.52. The van der Waals surface area contributed by atoms with Crippen molar-refractivity contribution < 1.29 is 22.3 Å². The Morgan fingerprint density at radius 2 is 1.90 bits per heavy atom. The van der Waals surface area contributed by atoms with Gasteiger partial charge in [0.25, 0.3) is 0 Å². The fourth-order valence-electron chi connectivity index (χ4n) is 1.47. The van der Waals surface area contributed by atoms with Crippen LogP contribution in [-0.4, -0.2) is 48.9 Å². The van der Waals surface area contributed by atoms with Crippen molar-refractivity contribution in [3.05, 3.63) is 24.0 Å². The highest BCUT2D eigenvalue weighted by Crippen LogP contribution is 2.20. The summed E-state index contributed by atoms with van der Waals surface area (Å²) in [5, 5.41) is 2.99. The van der Waals surface area contributed by atoms with E-state index in [1.165, 1.54) is 19.2 Å². The Kier molecular flexibility index (Phi) is 9.47. The first kappa shape index (κ1) is 20.1. The van der Waals surface area contributed by atoms with Gasteiger partial charge in [-0.15, -0.1) is 12.4 Å². The molecule has 0 bridgehead atoms. The standard InChI is InChI=1S/C12H19FN2O4S.ClH/c1-18-8-7-14-5-6-15-20(16,17)10-3-4-12(19-2)11(13)9-10;/h3-4,9,14-15H,5-8H2,1-2H3;1H. The number of halogens is 2. The van der Waals surface area contributed by atoms with E-state index in [0.717, 1.165) is 6.07 Å². The van der Waals surface area contributed by atoms with Crippen LogP contribution in [0.15, 0.2) is 23.1 Å². The van der Waals surface area contributed by atoms with Crippen molar-refractivity contribution in [1.82, 2.24) is 10.0 Å². The number of benzene rings is 1. The third kappa shape index (κ3) is 6.58. The quantitative estimate of drug-likeness (QED) is 0.648. The summed E-state index contributed by atoms with van der Waals surface area (Å²) in [4.78, 5) is -0.132. The number of hydrogen-bond donors (Lipinski definition) is 2. The predicted octanol–water partition coefficient (Wildman–Crippen LogP) is 0.770. The molecule has 1 aromatic carbocycles. The minimum absolute atomic E-state index is 0. The molecule has 0 radical (unpaired) electrons. The van der Waals surface area contributed by atoms with Crippen LogP contribution in [0.1, 0.15) is 0 Å².